The van der Waals surface area contributed by atoms with Gasteiger partial charge in [0.1, 0.15) is 0 Å². The van der Waals surface area contributed by atoms with Gasteiger partial charge in [-0.3, -0.25) is 14.6 Å². The zero-order valence-electron chi connectivity index (χ0n) is 14.0. The minimum absolute atomic E-state index is 0. The summed E-state index contributed by atoms with van der Waals surface area (Å²) in [5.41, 5.74) is 1.14. The summed E-state index contributed by atoms with van der Waals surface area (Å²) in [6.07, 6.45) is 4.51. The van der Waals surface area contributed by atoms with E-state index in [-0.39, 0.29) is 24.0 Å². The molecule has 7 heteroatoms. The molecule has 0 unspecified atom stereocenters. The van der Waals surface area contributed by atoms with E-state index >= 15 is 0 Å². The highest BCUT2D eigenvalue weighted by Gasteiger charge is 2.30. The lowest BCUT2D eigenvalue weighted by Gasteiger charge is -2.26. The number of hydrogen-bond acceptors (Lipinski definition) is 3. The summed E-state index contributed by atoms with van der Waals surface area (Å²) in [5.74, 6) is 0.843. The van der Waals surface area contributed by atoms with Crippen LogP contribution < -0.4 is 10.6 Å². The van der Waals surface area contributed by atoms with Crippen molar-refractivity contribution in [3.05, 3.63) is 18.0 Å². The van der Waals surface area contributed by atoms with E-state index < -0.39 is 0 Å². The molecule has 0 saturated heterocycles. The number of guanidine groups is 1. The Balaban J connectivity index is 0.00000242. The molecule has 1 saturated carbocycles. The van der Waals surface area contributed by atoms with E-state index in [0.717, 1.165) is 37.3 Å². The lowest BCUT2D eigenvalue weighted by molar-refractivity contribution is 0.215. The third-order valence-electron chi connectivity index (χ3n) is 3.92. The topological polar surface area (TPSA) is 57.5 Å². The van der Waals surface area contributed by atoms with Gasteiger partial charge >= 0.3 is 0 Å². The molecule has 0 aliphatic heterocycles. The summed E-state index contributed by atoms with van der Waals surface area (Å²) >= 11 is 0. The SMILES string of the molecule is CN=C(NCCN(C(C)C)C1CC1)NCc1ccnn1C.I. The minimum Gasteiger partial charge on any atom is -0.355 e. The van der Waals surface area contributed by atoms with Crippen molar-refractivity contribution < 1.29 is 0 Å². The van der Waals surface area contributed by atoms with Crippen LogP contribution in [0.4, 0.5) is 0 Å². The van der Waals surface area contributed by atoms with E-state index in [1.165, 1.54) is 12.8 Å². The summed E-state index contributed by atoms with van der Waals surface area (Å²) in [5, 5.41) is 10.9. The summed E-state index contributed by atoms with van der Waals surface area (Å²) in [7, 11) is 3.75. The first-order valence-electron chi connectivity index (χ1n) is 7.79. The van der Waals surface area contributed by atoms with Crippen molar-refractivity contribution in [2.24, 2.45) is 12.0 Å². The lowest BCUT2D eigenvalue weighted by atomic mass is 10.3. The van der Waals surface area contributed by atoms with Crippen LogP contribution >= 0.6 is 24.0 Å². The number of aromatic nitrogens is 2. The van der Waals surface area contributed by atoms with Gasteiger partial charge in [-0.25, -0.2) is 0 Å². The molecule has 1 aromatic rings. The third kappa shape index (κ3) is 5.75. The molecule has 2 rings (SSSR count). The van der Waals surface area contributed by atoms with Gasteiger partial charge < -0.3 is 10.6 Å². The number of aliphatic imine (C=N–C) groups is 1. The molecule has 1 aromatic heterocycles. The zero-order chi connectivity index (χ0) is 15.2. The largest absolute Gasteiger partial charge is 0.355 e. The molecule has 0 spiro atoms. The zero-order valence-corrected chi connectivity index (χ0v) is 16.4. The van der Waals surface area contributed by atoms with Crippen LogP contribution in [0.2, 0.25) is 0 Å². The summed E-state index contributed by atoms with van der Waals surface area (Å²) in [4.78, 5) is 6.84. The average molecular weight is 420 g/mol. The fourth-order valence-electron chi connectivity index (χ4n) is 2.54. The highest BCUT2D eigenvalue weighted by atomic mass is 127. The molecular formula is C15H29IN6. The number of nitrogens with zero attached hydrogens (tertiary/aromatic N) is 4. The van der Waals surface area contributed by atoms with Crippen molar-refractivity contribution in [3.63, 3.8) is 0 Å². The van der Waals surface area contributed by atoms with Crippen molar-refractivity contribution in [2.75, 3.05) is 20.1 Å². The van der Waals surface area contributed by atoms with Gasteiger partial charge in [0.2, 0.25) is 0 Å². The smallest absolute Gasteiger partial charge is 0.191 e. The highest BCUT2D eigenvalue weighted by Crippen LogP contribution is 2.27. The van der Waals surface area contributed by atoms with Gasteiger partial charge in [-0.2, -0.15) is 5.10 Å². The first-order chi connectivity index (χ1) is 10.1. The van der Waals surface area contributed by atoms with Crippen LogP contribution in [0.5, 0.6) is 0 Å². The lowest BCUT2D eigenvalue weighted by Crippen LogP contribution is -2.43. The molecule has 126 valence electrons. The first kappa shape index (κ1) is 19.2. The molecule has 0 radical (unpaired) electrons. The molecule has 0 aromatic carbocycles. The fourth-order valence-corrected chi connectivity index (χ4v) is 2.54. The Morgan fingerprint density at radius 2 is 2.18 bits per heavy atom. The van der Waals surface area contributed by atoms with Gasteiger partial charge in [-0.15, -0.1) is 24.0 Å². The molecule has 0 amide bonds. The number of aryl methyl sites for hydroxylation is 1. The number of halogens is 1. The van der Waals surface area contributed by atoms with E-state index in [0.29, 0.717) is 6.04 Å². The Labute approximate surface area is 150 Å². The van der Waals surface area contributed by atoms with Crippen LogP contribution in [0.25, 0.3) is 0 Å². The molecule has 1 aliphatic rings. The molecule has 1 aliphatic carbocycles. The predicted molar refractivity (Wildman–Crippen MR) is 102 cm³/mol. The van der Waals surface area contributed by atoms with Crippen LogP contribution in [0.1, 0.15) is 32.4 Å². The van der Waals surface area contributed by atoms with Gasteiger partial charge in [0.25, 0.3) is 0 Å². The number of hydrogen-bond donors (Lipinski definition) is 2. The second kappa shape index (κ2) is 9.34. The second-order valence-electron chi connectivity index (χ2n) is 5.86. The van der Waals surface area contributed by atoms with E-state index in [9.17, 15) is 0 Å². The predicted octanol–water partition coefficient (Wildman–Crippen LogP) is 1.58. The number of rotatable bonds is 7. The van der Waals surface area contributed by atoms with E-state index in [1.54, 1.807) is 7.05 Å². The summed E-state index contributed by atoms with van der Waals surface area (Å²) in [6.45, 7) is 7.25. The molecule has 22 heavy (non-hydrogen) atoms. The Hall–Kier alpha value is -0.830. The van der Waals surface area contributed by atoms with Crippen molar-refractivity contribution in [1.82, 2.24) is 25.3 Å². The normalized spacial score (nSPS) is 15.1. The molecule has 2 N–H and O–H groups in total. The van der Waals surface area contributed by atoms with Crippen LogP contribution in [0, 0.1) is 0 Å². The van der Waals surface area contributed by atoms with Gasteiger partial charge in [-0.05, 0) is 32.8 Å². The van der Waals surface area contributed by atoms with Gasteiger partial charge in [0, 0.05) is 45.5 Å². The fraction of sp³-hybridized carbons (Fsp3) is 0.733. The van der Waals surface area contributed by atoms with Crippen LogP contribution in [-0.4, -0.2) is 52.9 Å². The van der Waals surface area contributed by atoms with E-state index in [1.807, 2.05) is 24.0 Å². The van der Waals surface area contributed by atoms with E-state index in [2.05, 4.69) is 39.5 Å². The summed E-state index contributed by atoms with van der Waals surface area (Å²) < 4.78 is 1.87. The van der Waals surface area contributed by atoms with Gasteiger partial charge in [0.05, 0.1) is 12.2 Å². The molecule has 1 fully saturated rings. The molecular weight excluding hydrogens is 391 g/mol. The maximum Gasteiger partial charge on any atom is 0.191 e. The van der Waals surface area contributed by atoms with Crippen molar-refractivity contribution in [3.8, 4) is 0 Å². The molecule has 6 nitrogen and oxygen atoms in total. The van der Waals surface area contributed by atoms with Gasteiger partial charge in [-0.1, -0.05) is 0 Å². The Morgan fingerprint density at radius 1 is 1.45 bits per heavy atom. The van der Waals surface area contributed by atoms with E-state index in [4.69, 9.17) is 0 Å². The Bertz CT molecular complexity index is 464. The maximum absolute atomic E-state index is 4.27. The highest BCUT2D eigenvalue weighted by molar-refractivity contribution is 14.0. The molecule has 1 heterocycles. The third-order valence-corrected chi connectivity index (χ3v) is 3.92. The van der Waals surface area contributed by atoms with Crippen molar-refractivity contribution >= 4 is 29.9 Å². The summed E-state index contributed by atoms with van der Waals surface area (Å²) in [6, 6.07) is 3.42. The minimum atomic E-state index is 0. The quantitative estimate of drug-likeness (QED) is 0.400. The van der Waals surface area contributed by atoms with Crippen molar-refractivity contribution in [1.29, 1.82) is 0 Å². The average Bonchev–Trinajstić information content (AvgIpc) is 3.21. The Kier molecular flexibility index (Phi) is 8.16. The Morgan fingerprint density at radius 3 is 2.68 bits per heavy atom. The first-order valence-corrected chi connectivity index (χ1v) is 7.79. The van der Waals surface area contributed by atoms with Crippen LogP contribution in [0.3, 0.4) is 0 Å². The van der Waals surface area contributed by atoms with Gasteiger partial charge in [0.15, 0.2) is 5.96 Å². The van der Waals surface area contributed by atoms with Crippen molar-refractivity contribution in [2.45, 2.75) is 45.3 Å². The monoisotopic (exact) mass is 420 g/mol. The molecule has 0 atom stereocenters. The maximum atomic E-state index is 4.27. The number of nitrogens with one attached hydrogen (secondary N) is 2. The van der Waals surface area contributed by atoms with Crippen LogP contribution in [-0.2, 0) is 13.6 Å². The molecule has 0 bridgehead atoms. The standard InChI is InChI=1S/C15H28N6.HI/c1-12(2)21(13-5-6-13)10-9-17-15(16-3)18-11-14-7-8-19-20(14)4;/h7-8,12-13H,5-6,9-11H2,1-4H3,(H2,16,17,18);1H. The second-order valence-corrected chi connectivity index (χ2v) is 5.86. The van der Waals surface area contributed by atoms with Crippen LogP contribution in [0.15, 0.2) is 17.3 Å².